The molecule has 0 aliphatic rings. The Bertz CT molecular complexity index is 562. The van der Waals surface area contributed by atoms with Gasteiger partial charge in [0.05, 0.1) is 0 Å². The Labute approximate surface area is 143 Å². The molecule has 0 saturated heterocycles. The fourth-order valence-corrected chi connectivity index (χ4v) is 2.06. The number of halogens is 1. The summed E-state index contributed by atoms with van der Waals surface area (Å²) < 4.78 is 0.884. The number of benzene rings is 1. The van der Waals surface area contributed by atoms with Gasteiger partial charge in [-0.3, -0.25) is 9.59 Å². The van der Waals surface area contributed by atoms with Crippen molar-refractivity contribution in [2.45, 2.75) is 38.8 Å². The first kappa shape index (κ1) is 19.0. The summed E-state index contributed by atoms with van der Waals surface area (Å²) in [5.41, 5.74) is 0.584. The van der Waals surface area contributed by atoms with Gasteiger partial charge in [0.2, 0.25) is 5.91 Å². The first-order valence-corrected chi connectivity index (χ1v) is 7.99. The van der Waals surface area contributed by atoms with Crippen LogP contribution in [0.15, 0.2) is 28.7 Å². The number of carboxylic acids is 1. The quantitative estimate of drug-likeness (QED) is 0.577. The van der Waals surface area contributed by atoms with Gasteiger partial charge >= 0.3 is 12.0 Å². The van der Waals surface area contributed by atoms with E-state index in [1.54, 1.807) is 24.3 Å². The summed E-state index contributed by atoms with van der Waals surface area (Å²) in [6.07, 6.45) is 1.07. The van der Waals surface area contributed by atoms with Crippen LogP contribution in [0.4, 0.5) is 10.5 Å². The highest BCUT2D eigenvalue weighted by molar-refractivity contribution is 9.10. The third kappa shape index (κ3) is 6.68. The molecule has 1 aromatic rings. The fourth-order valence-electron chi connectivity index (χ4n) is 1.79. The molecule has 4 N–H and O–H groups in total. The minimum Gasteiger partial charge on any atom is -0.480 e. The zero-order chi connectivity index (χ0) is 17.4. The highest BCUT2D eigenvalue weighted by Crippen LogP contribution is 2.14. The van der Waals surface area contributed by atoms with Gasteiger partial charge < -0.3 is 21.1 Å². The predicted molar refractivity (Wildman–Crippen MR) is 90.2 cm³/mol. The molecule has 23 heavy (non-hydrogen) atoms. The zero-order valence-electron chi connectivity index (χ0n) is 12.9. The van der Waals surface area contributed by atoms with Gasteiger partial charge in [0, 0.05) is 10.2 Å². The Morgan fingerprint density at radius 3 is 2.30 bits per heavy atom. The summed E-state index contributed by atoms with van der Waals surface area (Å²) in [7, 11) is 0. The maximum atomic E-state index is 12.1. The Kier molecular flexibility index (Phi) is 7.53. The van der Waals surface area contributed by atoms with Crippen LogP contribution in [-0.4, -0.2) is 35.1 Å². The maximum Gasteiger partial charge on any atom is 0.325 e. The SMILES string of the molecule is CCC[C@H](NC(=O)Nc1ccc(Br)cc1)C(=O)NC(C)C(=O)O. The zero-order valence-corrected chi connectivity index (χ0v) is 14.5. The number of hydrogen-bond donors (Lipinski definition) is 4. The van der Waals surface area contributed by atoms with Crippen LogP contribution in [0, 0.1) is 0 Å². The molecular formula is C15H20BrN3O4. The lowest BCUT2D eigenvalue weighted by atomic mass is 10.1. The number of carboxylic acid groups (broad SMARTS) is 1. The first-order chi connectivity index (χ1) is 10.8. The molecule has 0 aromatic heterocycles. The number of amides is 3. The molecule has 0 heterocycles. The molecule has 0 aliphatic carbocycles. The molecule has 126 valence electrons. The first-order valence-electron chi connectivity index (χ1n) is 7.19. The normalized spacial score (nSPS) is 12.8. The van der Waals surface area contributed by atoms with Crippen LogP contribution in [0.2, 0.25) is 0 Å². The standard InChI is InChI=1S/C15H20BrN3O4/c1-3-4-12(13(20)17-9(2)14(21)22)19-15(23)18-11-7-5-10(16)6-8-11/h5-9,12H,3-4H2,1-2H3,(H,17,20)(H,21,22)(H2,18,19,23)/t9?,12-/m0/s1. The Hall–Kier alpha value is -2.09. The number of nitrogens with one attached hydrogen (secondary N) is 3. The molecule has 8 heteroatoms. The van der Waals surface area contributed by atoms with Crippen LogP contribution >= 0.6 is 15.9 Å². The lowest BCUT2D eigenvalue weighted by Crippen LogP contribution is -2.51. The molecule has 2 atom stereocenters. The van der Waals surface area contributed by atoms with Gasteiger partial charge in [0.25, 0.3) is 0 Å². The van der Waals surface area contributed by atoms with E-state index in [0.29, 0.717) is 18.5 Å². The molecule has 1 unspecified atom stereocenters. The molecular weight excluding hydrogens is 366 g/mol. The van der Waals surface area contributed by atoms with Crippen LogP contribution in [0.5, 0.6) is 0 Å². The van der Waals surface area contributed by atoms with Crippen molar-refractivity contribution in [3.05, 3.63) is 28.7 Å². The third-order valence-electron chi connectivity index (χ3n) is 3.03. The molecule has 0 saturated carbocycles. The van der Waals surface area contributed by atoms with Gasteiger partial charge in [-0.05, 0) is 37.6 Å². The van der Waals surface area contributed by atoms with E-state index in [-0.39, 0.29) is 0 Å². The van der Waals surface area contributed by atoms with E-state index < -0.39 is 30.0 Å². The highest BCUT2D eigenvalue weighted by atomic mass is 79.9. The lowest BCUT2D eigenvalue weighted by molar-refractivity contribution is -0.141. The summed E-state index contributed by atoms with van der Waals surface area (Å²) in [5, 5.41) is 16.4. The van der Waals surface area contributed by atoms with Gasteiger partial charge in [-0.2, -0.15) is 0 Å². The summed E-state index contributed by atoms with van der Waals surface area (Å²) in [5.74, 6) is -1.65. The van der Waals surface area contributed by atoms with Crippen molar-refractivity contribution in [2.75, 3.05) is 5.32 Å². The number of rotatable bonds is 7. The molecule has 0 aliphatic heterocycles. The van der Waals surface area contributed by atoms with Gasteiger partial charge in [-0.15, -0.1) is 0 Å². The summed E-state index contributed by atoms with van der Waals surface area (Å²) in [6, 6.07) is 4.65. The van der Waals surface area contributed by atoms with E-state index in [0.717, 1.165) is 4.47 Å². The molecule has 0 bridgehead atoms. The molecule has 1 rings (SSSR count). The monoisotopic (exact) mass is 385 g/mol. The van der Waals surface area contributed by atoms with E-state index in [4.69, 9.17) is 5.11 Å². The second kappa shape index (κ2) is 9.14. The number of urea groups is 1. The van der Waals surface area contributed by atoms with E-state index in [9.17, 15) is 14.4 Å². The van der Waals surface area contributed by atoms with E-state index in [1.807, 2.05) is 6.92 Å². The summed E-state index contributed by atoms with van der Waals surface area (Å²) in [6.45, 7) is 3.24. The number of hydrogen-bond acceptors (Lipinski definition) is 3. The number of anilines is 1. The molecule has 1 aromatic carbocycles. The largest absolute Gasteiger partial charge is 0.480 e. The van der Waals surface area contributed by atoms with Gasteiger partial charge in [-0.25, -0.2) is 4.79 Å². The van der Waals surface area contributed by atoms with Crippen molar-refractivity contribution in [3.63, 3.8) is 0 Å². The fraction of sp³-hybridized carbons (Fsp3) is 0.400. The molecule has 0 fully saturated rings. The Morgan fingerprint density at radius 1 is 1.17 bits per heavy atom. The summed E-state index contributed by atoms with van der Waals surface area (Å²) in [4.78, 5) is 34.8. The lowest BCUT2D eigenvalue weighted by Gasteiger charge is -2.19. The van der Waals surface area contributed by atoms with E-state index in [2.05, 4.69) is 31.9 Å². The molecule has 0 spiro atoms. The van der Waals surface area contributed by atoms with Crippen LogP contribution < -0.4 is 16.0 Å². The minimum absolute atomic E-state index is 0.409. The number of carbonyl (C=O) groups excluding carboxylic acids is 2. The van der Waals surface area contributed by atoms with Crippen LogP contribution in [0.25, 0.3) is 0 Å². The van der Waals surface area contributed by atoms with Gasteiger partial charge in [-0.1, -0.05) is 29.3 Å². The van der Waals surface area contributed by atoms with Crippen molar-refractivity contribution < 1.29 is 19.5 Å². The van der Waals surface area contributed by atoms with Crippen LogP contribution in [-0.2, 0) is 9.59 Å². The number of carbonyl (C=O) groups is 3. The number of aliphatic carboxylic acids is 1. The molecule has 0 radical (unpaired) electrons. The van der Waals surface area contributed by atoms with E-state index in [1.165, 1.54) is 6.92 Å². The van der Waals surface area contributed by atoms with Gasteiger partial charge in [0.1, 0.15) is 12.1 Å². The van der Waals surface area contributed by atoms with E-state index >= 15 is 0 Å². The van der Waals surface area contributed by atoms with Crippen molar-refractivity contribution in [3.8, 4) is 0 Å². The van der Waals surface area contributed by atoms with Crippen LogP contribution in [0.1, 0.15) is 26.7 Å². The van der Waals surface area contributed by atoms with Gasteiger partial charge in [0.15, 0.2) is 0 Å². The van der Waals surface area contributed by atoms with Crippen molar-refractivity contribution in [1.29, 1.82) is 0 Å². The highest BCUT2D eigenvalue weighted by Gasteiger charge is 2.23. The molecule has 3 amide bonds. The Balaban J connectivity index is 2.63. The smallest absolute Gasteiger partial charge is 0.325 e. The average molecular weight is 386 g/mol. The van der Waals surface area contributed by atoms with Crippen LogP contribution in [0.3, 0.4) is 0 Å². The Morgan fingerprint density at radius 2 is 1.78 bits per heavy atom. The second-order valence-electron chi connectivity index (χ2n) is 5.02. The second-order valence-corrected chi connectivity index (χ2v) is 5.93. The van der Waals surface area contributed by atoms with Crippen molar-refractivity contribution in [2.24, 2.45) is 0 Å². The minimum atomic E-state index is -1.13. The molecule has 7 nitrogen and oxygen atoms in total. The predicted octanol–water partition coefficient (Wildman–Crippen LogP) is 2.33. The summed E-state index contributed by atoms with van der Waals surface area (Å²) >= 11 is 3.30. The topological polar surface area (TPSA) is 108 Å². The van der Waals surface area contributed by atoms with Crippen molar-refractivity contribution >= 4 is 39.5 Å². The van der Waals surface area contributed by atoms with Crippen molar-refractivity contribution in [1.82, 2.24) is 10.6 Å². The maximum absolute atomic E-state index is 12.1. The average Bonchev–Trinajstić information content (AvgIpc) is 2.49. The third-order valence-corrected chi connectivity index (χ3v) is 3.56.